The molecule has 1 aliphatic heterocycles. The second-order valence-electron chi connectivity index (χ2n) is 9.01. The van der Waals surface area contributed by atoms with Crippen LogP contribution >= 0.6 is 0 Å². The van der Waals surface area contributed by atoms with Gasteiger partial charge in [0.25, 0.3) is 0 Å². The molecule has 0 bridgehead atoms. The maximum absolute atomic E-state index is 12.8. The molecule has 2 heterocycles. The van der Waals surface area contributed by atoms with E-state index in [1.807, 2.05) is 36.1 Å². The number of benzene rings is 1. The predicted molar refractivity (Wildman–Crippen MR) is 123 cm³/mol. The van der Waals surface area contributed by atoms with E-state index in [2.05, 4.69) is 15.0 Å². The third-order valence-electron chi connectivity index (χ3n) is 6.63. The highest BCUT2D eigenvalue weighted by atomic mass is 16.5. The highest BCUT2D eigenvalue weighted by molar-refractivity contribution is 5.76. The first-order chi connectivity index (χ1) is 15.7. The summed E-state index contributed by atoms with van der Waals surface area (Å²) in [7, 11) is 0. The molecule has 2 aromatic rings. The van der Waals surface area contributed by atoms with E-state index in [0.29, 0.717) is 31.2 Å². The second-order valence-corrected chi connectivity index (χ2v) is 9.01. The van der Waals surface area contributed by atoms with Gasteiger partial charge < -0.3 is 19.1 Å². The quantitative estimate of drug-likeness (QED) is 0.613. The summed E-state index contributed by atoms with van der Waals surface area (Å²) in [6.07, 6.45) is 8.88. The topological polar surface area (TPSA) is 71.7 Å². The predicted octanol–water partition coefficient (Wildman–Crippen LogP) is 4.18. The Balaban J connectivity index is 1.23. The lowest BCUT2D eigenvalue weighted by molar-refractivity contribution is -0.131. The van der Waals surface area contributed by atoms with Crippen LogP contribution in [0, 0.1) is 5.92 Å². The zero-order valence-corrected chi connectivity index (χ0v) is 19.3. The van der Waals surface area contributed by atoms with Gasteiger partial charge in [-0.1, -0.05) is 24.4 Å². The van der Waals surface area contributed by atoms with Crippen LogP contribution in [0.25, 0.3) is 11.4 Å². The first-order valence-electron chi connectivity index (χ1n) is 12.3. The number of hydrogen-bond donors (Lipinski definition) is 0. The Bertz CT molecular complexity index is 845. The summed E-state index contributed by atoms with van der Waals surface area (Å²) in [5.41, 5.74) is 0.875. The average molecular weight is 441 g/mol. The number of nitrogens with zero attached hydrogens (tertiary/aromatic N) is 4. The van der Waals surface area contributed by atoms with Crippen molar-refractivity contribution in [3.05, 3.63) is 30.2 Å². The number of aryl methyl sites for hydroxylation is 1. The van der Waals surface area contributed by atoms with Gasteiger partial charge in [-0.25, -0.2) is 0 Å². The molecule has 0 radical (unpaired) electrons. The Labute approximate surface area is 191 Å². The third kappa shape index (κ3) is 6.31. The molecule has 1 aliphatic carbocycles. The maximum Gasteiger partial charge on any atom is 0.227 e. The number of ether oxygens (including phenoxy) is 1. The van der Waals surface area contributed by atoms with Crippen molar-refractivity contribution >= 4 is 5.91 Å². The van der Waals surface area contributed by atoms with Gasteiger partial charge in [0.1, 0.15) is 5.75 Å². The molecule has 1 saturated carbocycles. The minimum absolute atomic E-state index is 0.185. The van der Waals surface area contributed by atoms with E-state index in [9.17, 15) is 4.79 Å². The number of amides is 1. The fourth-order valence-electron chi connectivity index (χ4n) is 4.85. The molecule has 1 saturated heterocycles. The Morgan fingerprint density at radius 3 is 2.66 bits per heavy atom. The molecule has 1 aromatic carbocycles. The van der Waals surface area contributed by atoms with Crippen molar-refractivity contribution in [3.8, 4) is 17.1 Å². The third-order valence-corrected chi connectivity index (χ3v) is 6.63. The summed E-state index contributed by atoms with van der Waals surface area (Å²) in [6, 6.07) is 7.63. The maximum atomic E-state index is 12.8. The van der Waals surface area contributed by atoms with Gasteiger partial charge in [-0.15, -0.1) is 0 Å². The van der Waals surface area contributed by atoms with Crippen molar-refractivity contribution in [2.45, 2.75) is 58.3 Å². The van der Waals surface area contributed by atoms with E-state index in [-0.39, 0.29) is 5.91 Å². The molecule has 2 aliphatic rings. The largest absolute Gasteiger partial charge is 0.494 e. The Morgan fingerprint density at radius 1 is 1.06 bits per heavy atom. The van der Waals surface area contributed by atoms with Gasteiger partial charge in [-0.3, -0.25) is 4.79 Å². The molecule has 2 fully saturated rings. The fourth-order valence-corrected chi connectivity index (χ4v) is 4.85. The van der Waals surface area contributed by atoms with Gasteiger partial charge in [-0.2, -0.15) is 4.98 Å². The van der Waals surface area contributed by atoms with E-state index >= 15 is 0 Å². The Hall–Kier alpha value is -2.41. The summed E-state index contributed by atoms with van der Waals surface area (Å²) in [6.45, 7) is 7.57. The van der Waals surface area contributed by atoms with Crippen LogP contribution in [-0.4, -0.2) is 65.2 Å². The van der Waals surface area contributed by atoms with Crippen LogP contribution in [0.15, 0.2) is 28.8 Å². The molecule has 0 N–H and O–H groups in total. The minimum Gasteiger partial charge on any atom is -0.494 e. The lowest BCUT2D eigenvalue weighted by atomic mass is 9.89. The summed E-state index contributed by atoms with van der Waals surface area (Å²) < 4.78 is 10.9. The molecule has 0 spiro atoms. The van der Waals surface area contributed by atoms with Crippen molar-refractivity contribution in [2.75, 3.05) is 39.3 Å². The molecule has 1 aromatic heterocycles. The van der Waals surface area contributed by atoms with Gasteiger partial charge in [0.2, 0.25) is 17.6 Å². The Kier molecular flexibility index (Phi) is 8.15. The lowest BCUT2D eigenvalue weighted by Gasteiger charge is -2.28. The minimum atomic E-state index is 0.185. The lowest BCUT2D eigenvalue weighted by Crippen LogP contribution is -2.37. The first-order valence-corrected chi connectivity index (χ1v) is 12.3. The van der Waals surface area contributed by atoms with Crippen LogP contribution in [-0.2, 0) is 11.2 Å². The number of carbonyl (C=O) groups is 1. The highest BCUT2D eigenvalue weighted by Crippen LogP contribution is 2.25. The van der Waals surface area contributed by atoms with Gasteiger partial charge >= 0.3 is 0 Å². The van der Waals surface area contributed by atoms with E-state index in [0.717, 1.165) is 49.8 Å². The molecule has 174 valence electrons. The van der Waals surface area contributed by atoms with E-state index < -0.39 is 0 Å². The van der Waals surface area contributed by atoms with Crippen LogP contribution in [0.1, 0.15) is 57.8 Å². The zero-order chi connectivity index (χ0) is 22.2. The van der Waals surface area contributed by atoms with Crippen molar-refractivity contribution in [2.24, 2.45) is 5.92 Å². The zero-order valence-electron chi connectivity index (χ0n) is 19.3. The van der Waals surface area contributed by atoms with Crippen LogP contribution in [0.2, 0.25) is 0 Å². The summed E-state index contributed by atoms with van der Waals surface area (Å²) in [5, 5.41) is 4.07. The van der Waals surface area contributed by atoms with Crippen molar-refractivity contribution in [3.63, 3.8) is 0 Å². The van der Waals surface area contributed by atoms with Gasteiger partial charge in [0, 0.05) is 44.6 Å². The molecule has 7 nitrogen and oxygen atoms in total. The van der Waals surface area contributed by atoms with E-state index in [4.69, 9.17) is 9.26 Å². The van der Waals surface area contributed by atoms with Crippen LogP contribution in [0.4, 0.5) is 0 Å². The SMILES string of the molecule is CCOc1ccc(-c2noc(CCC(=O)N3CCCN(CC4CCCCC4)CC3)n2)cc1. The molecule has 4 rings (SSSR count). The summed E-state index contributed by atoms with van der Waals surface area (Å²) in [5.74, 6) is 2.92. The molecular weight excluding hydrogens is 404 g/mol. The first kappa shape index (κ1) is 22.8. The highest BCUT2D eigenvalue weighted by Gasteiger charge is 2.22. The molecule has 0 atom stereocenters. The van der Waals surface area contributed by atoms with Crippen molar-refractivity contribution < 1.29 is 14.1 Å². The smallest absolute Gasteiger partial charge is 0.227 e. The number of rotatable bonds is 8. The standard InChI is InChI=1S/C25H36N4O3/c1-2-31-22-11-9-21(10-12-22)25-26-23(32-27-25)13-14-24(30)29-16-6-15-28(17-18-29)19-20-7-4-3-5-8-20/h9-12,20H,2-8,13-19H2,1H3. The monoisotopic (exact) mass is 440 g/mol. The number of hydrogen-bond acceptors (Lipinski definition) is 6. The van der Waals surface area contributed by atoms with Gasteiger partial charge in [0.05, 0.1) is 6.61 Å². The normalized spacial score (nSPS) is 18.5. The molecule has 32 heavy (non-hydrogen) atoms. The molecular formula is C25H36N4O3. The second kappa shape index (κ2) is 11.5. The summed E-state index contributed by atoms with van der Waals surface area (Å²) in [4.78, 5) is 21.9. The van der Waals surface area contributed by atoms with Crippen molar-refractivity contribution in [1.29, 1.82) is 0 Å². The number of aromatic nitrogens is 2. The average Bonchev–Trinajstić information content (AvgIpc) is 3.18. The van der Waals surface area contributed by atoms with Gasteiger partial charge in [-0.05, 0) is 62.9 Å². The van der Waals surface area contributed by atoms with E-state index in [1.54, 1.807) is 0 Å². The van der Waals surface area contributed by atoms with Crippen molar-refractivity contribution in [1.82, 2.24) is 19.9 Å². The Morgan fingerprint density at radius 2 is 1.88 bits per heavy atom. The molecule has 1 amide bonds. The van der Waals surface area contributed by atoms with Gasteiger partial charge in [0.15, 0.2) is 0 Å². The van der Waals surface area contributed by atoms with Crippen LogP contribution < -0.4 is 4.74 Å². The summed E-state index contributed by atoms with van der Waals surface area (Å²) >= 11 is 0. The molecule has 7 heteroatoms. The molecule has 0 unspecified atom stereocenters. The van der Waals surface area contributed by atoms with Crippen LogP contribution in [0.5, 0.6) is 5.75 Å². The van der Waals surface area contributed by atoms with Crippen LogP contribution in [0.3, 0.4) is 0 Å². The number of carbonyl (C=O) groups excluding carboxylic acids is 1. The fraction of sp³-hybridized carbons (Fsp3) is 0.640. The van der Waals surface area contributed by atoms with E-state index in [1.165, 1.54) is 38.6 Å².